The number of aliphatic hydroxyl groups is 3. The number of isothiocyanates is 1. The van der Waals surface area contributed by atoms with E-state index in [1.54, 1.807) is 24.3 Å². The van der Waals surface area contributed by atoms with Gasteiger partial charge in [-0.15, -0.1) is 0 Å². The minimum absolute atomic E-state index is 0.101. The zero-order chi connectivity index (χ0) is 13.8. The van der Waals surface area contributed by atoms with E-state index < -0.39 is 24.6 Å². The second-order valence-electron chi connectivity index (χ2n) is 4.07. The molecule has 0 spiro atoms. The van der Waals surface area contributed by atoms with Gasteiger partial charge in [0.1, 0.15) is 24.1 Å². The first-order valence-electron chi connectivity index (χ1n) is 5.62. The fourth-order valence-electron chi connectivity index (χ4n) is 1.67. The summed E-state index contributed by atoms with van der Waals surface area (Å²) in [4.78, 5) is 3.79. The molecule has 6 nitrogen and oxygen atoms in total. The molecule has 0 radical (unpaired) electrons. The van der Waals surface area contributed by atoms with Crippen molar-refractivity contribution >= 4 is 23.1 Å². The first-order chi connectivity index (χ1) is 9.11. The average molecular weight is 283 g/mol. The standard InChI is InChI=1S/C12H13NO5S/c14-9-5-17-12(11(16)10(9)15)18-8-3-1-7(2-4-8)13-6-19/h1-4,9-12,14-16H,5H2/t9-,10+,11-,12+/m1/s1. The number of rotatable bonds is 3. The molecule has 3 N–H and O–H groups in total. The predicted octanol–water partition coefficient (Wildman–Crippen LogP) is 0.239. The van der Waals surface area contributed by atoms with Crippen LogP contribution in [0.5, 0.6) is 5.75 Å². The first kappa shape index (κ1) is 14.1. The molecule has 1 aromatic carbocycles. The highest BCUT2D eigenvalue weighted by atomic mass is 32.1. The molecule has 1 aromatic rings. The fraction of sp³-hybridized carbons (Fsp3) is 0.417. The maximum Gasteiger partial charge on any atom is 0.228 e. The summed E-state index contributed by atoms with van der Waals surface area (Å²) < 4.78 is 10.5. The van der Waals surface area contributed by atoms with Gasteiger partial charge < -0.3 is 24.8 Å². The van der Waals surface area contributed by atoms with Crippen molar-refractivity contribution in [3.63, 3.8) is 0 Å². The van der Waals surface area contributed by atoms with Gasteiger partial charge in [-0.1, -0.05) is 0 Å². The quantitative estimate of drug-likeness (QED) is 0.543. The van der Waals surface area contributed by atoms with Gasteiger partial charge in [-0.05, 0) is 36.5 Å². The Bertz CT molecular complexity index is 474. The molecule has 0 aliphatic carbocycles. The van der Waals surface area contributed by atoms with Crippen LogP contribution in [0.4, 0.5) is 5.69 Å². The number of hydrogen-bond acceptors (Lipinski definition) is 7. The van der Waals surface area contributed by atoms with E-state index in [2.05, 4.69) is 22.4 Å². The Balaban J connectivity index is 2.02. The molecule has 1 fully saturated rings. The number of ether oxygens (including phenoxy) is 2. The number of nitrogens with zero attached hydrogens (tertiary/aromatic N) is 1. The molecule has 1 aliphatic heterocycles. The van der Waals surface area contributed by atoms with Gasteiger partial charge in [0.15, 0.2) is 0 Å². The van der Waals surface area contributed by atoms with Crippen molar-refractivity contribution in [1.82, 2.24) is 0 Å². The smallest absolute Gasteiger partial charge is 0.228 e. The summed E-state index contributed by atoms with van der Waals surface area (Å²) >= 11 is 4.48. The van der Waals surface area contributed by atoms with Crippen molar-refractivity contribution in [1.29, 1.82) is 0 Å². The molecule has 0 unspecified atom stereocenters. The third-order valence-electron chi connectivity index (χ3n) is 2.72. The predicted molar refractivity (Wildman–Crippen MR) is 69.5 cm³/mol. The summed E-state index contributed by atoms with van der Waals surface area (Å²) in [6, 6.07) is 6.57. The van der Waals surface area contributed by atoms with Gasteiger partial charge in [-0.2, -0.15) is 4.99 Å². The highest BCUT2D eigenvalue weighted by Gasteiger charge is 2.38. The largest absolute Gasteiger partial charge is 0.462 e. The zero-order valence-electron chi connectivity index (χ0n) is 9.84. The summed E-state index contributed by atoms with van der Waals surface area (Å²) in [7, 11) is 0. The van der Waals surface area contributed by atoms with E-state index >= 15 is 0 Å². The van der Waals surface area contributed by atoms with Crippen LogP contribution in [0.1, 0.15) is 0 Å². The minimum Gasteiger partial charge on any atom is -0.462 e. The van der Waals surface area contributed by atoms with Crippen LogP contribution in [0.3, 0.4) is 0 Å². The molecule has 2 rings (SSSR count). The Hall–Kier alpha value is -1.34. The Morgan fingerprint density at radius 1 is 1.21 bits per heavy atom. The van der Waals surface area contributed by atoms with E-state index in [-0.39, 0.29) is 6.61 Å². The lowest BCUT2D eigenvalue weighted by Crippen LogP contribution is -2.54. The molecular formula is C12H13NO5S. The van der Waals surface area contributed by atoms with Gasteiger partial charge in [0.25, 0.3) is 0 Å². The van der Waals surface area contributed by atoms with Gasteiger partial charge in [0, 0.05) is 0 Å². The van der Waals surface area contributed by atoms with Crippen molar-refractivity contribution in [2.75, 3.05) is 6.61 Å². The number of benzene rings is 1. The van der Waals surface area contributed by atoms with Crippen molar-refractivity contribution in [2.45, 2.75) is 24.6 Å². The summed E-state index contributed by atoms with van der Waals surface area (Å²) in [5.74, 6) is 0.441. The van der Waals surface area contributed by atoms with Crippen LogP contribution in [-0.2, 0) is 4.74 Å². The van der Waals surface area contributed by atoms with Crippen molar-refractivity contribution in [3.05, 3.63) is 24.3 Å². The van der Waals surface area contributed by atoms with Crippen molar-refractivity contribution in [2.24, 2.45) is 4.99 Å². The van der Waals surface area contributed by atoms with Crippen molar-refractivity contribution < 1.29 is 24.8 Å². The van der Waals surface area contributed by atoms with Gasteiger partial charge in [0.2, 0.25) is 6.29 Å². The Kier molecular flexibility index (Phi) is 4.60. The molecule has 102 valence electrons. The van der Waals surface area contributed by atoms with E-state index in [4.69, 9.17) is 9.47 Å². The monoisotopic (exact) mass is 283 g/mol. The third-order valence-corrected chi connectivity index (χ3v) is 2.81. The van der Waals surface area contributed by atoms with Crippen molar-refractivity contribution in [3.8, 4) is 5.75 Å². The van der Waals surface area contributed by atoms with E-state index in [0.29, 0.717) is 11.4 Å². The Morgan fingerprint density at radius 3 is 2.53 bits per heavy atom. The third kappa shape index (κ3) is 3.36. The summed E-state index contributed by atoms with van der Waals surface area (Å²) in [5, 5.41) is 30.8. The van der Waals surface area contributed by atoms with E-state index in [9.17, 15) is 15.3 Å². The second-order valence-corrected chi connectivity index (χ2v) is 4.25. The normalized spacial score (nSPS) is 30.5. The van der Waals surface area contributed by atoms with E-state index in [1.165, 1.54) is 0 Å². The lowest BCUT2D eigenvalue weighted by atomic mass is 10.1. The molecule has 1 saturated heterocycles. The van der Waals surface area contributed by atoms with Gasteiger partial charge in [-0.3, -0.25) is 0 Å². The maximum absolute atomic E-state index is 9.71. The molecular weight excluding hydrogens is 270 g/mol. The van der Waals surface area contributed by atoms with Crippen LogP contribution in [0, 0.1) is 0 Å². The average Bonchev–Trinajstić information content (AvgIpc) is 2.42. The highest BCUT2D eigenvalue weighted by molar-refractivity contribution is 7.78. The number of aliphatic hydroxyl groups excluding tert-OH is 3. The minimum atomic E-state index is -1.32. The van der Waals surface area contributed by atoms with Crippen LogP contribution >= 0.6 is 12.2 Å². The van der Waals surface area contributed by atoms with Gasteiger partial charge >= 0.3 is 0 Å². The summed E-state index contributed by atoms with van der Waals surface area (Å²) in [6.07, 6.45) is -4.76. The molecule has 7 heteroatoms. The molecule has 0 saturated carbocycles. The lowest BCUT2D eigenvalue weighted by molar-refractivity contribution is -0.242. The maximum atomic E-state index is 9.71. The molecule has 0 bridgehead atoms. The highest BCUT2D eigenvalue weighted by Crippen LogP contribution is 2.22. The summed E-state index contributed by atoms with van der Waals surface area (Å²) in [6.45, 7) is -0.101. The number of thiocarbonyl (C=S) groups is 1. The second kappa shape index (κ2) is 6.21. The first-order valence-corrected chi connectivity index (χ1v) is 6.03. The van der Waals surface area contributed by atoms with Crippen LogP contribution in [0.15, 0.2) is 29.3 Å². The molecule has 1 heterocycles. The molecule has 1 aliphatic rings. The van der Waals surface area contributed by atoms with E-state index in [1.807, 2.05) is 0 Å². The van der Waals surface area contributed by atoms with Crippen LogP contribution in [0.2, 0.25) is 0 Å². The Labute approximate surface area is 114 Å². The molecule has 19 heavy (non-hydrogen) atoms. The number of aliphatic imine (C=N–C) groups is 1. The van der Waals surface area contributed by atoms with Gasteiger partial charge in [0.05, 0.1) is 17.5 Å². The topological polar surface area (TPSA) is 91.5 Å². The van der Waals surface area contributed by atoms with E-state index in [0.717, 1.165) is 0 Å². The zero-order valence-corrected chi connectivity index (χ0v) is 10.7. The van der Waals surface area contributed by atoms with Crippen LogP contribution in [-0.4, -0.2) is 51.7 Å². The Morgan fingerprint density at radius 2 is 1.89 bits per heavy atom. The molecule has 0 amide bonds. The van der Waals surface area contributed by atoms with Crippen LogP contribution < -0.4 is 4.74 Å². The molecule has 4 atom stereocenters. The SMILES string of the molecule is O[C@@H]1[C@@H](O)[C@H](Oc2ccc(N=C=S)cc2)OC[C@H]1O. The lowest BCUT2D eigenvalue weighted by Gasteiger charge is -2.34. The summed E-state index contributed by atoms with van der Waals surface area (Å²) in [5.41, 5.74) is 0.628. The number of hydrogen-bond donors (Lipinski definition) is 3. The molecule has 0 aromatic heterocycles. The fourth-order valence-corrected chi connectivity index (χ4v) is 1.77. The van der Waals surface area contributed by atoms with Gasteiger partial charge in [-0.25, -0.2) is 0 Å². The van der Waals surface area contributed by atoms with Crippen LogP contribution in [0.25, 0.3) is 0 Å².